The van der Waals surface area contributed by atoms with Crippen molar-refractivity contribution in [1.29, 1.82) is 0 Å². The fourth-order valence-electron chi connectivity index (χ4n) is 15.5. The predicted octanol–water partition coefficient (Wildman–Crippen LogP) is 14.8. The summed E-state index contributed by atoms with van der Waals surface area (Å²) >= 11 is 0. The van der Waals surface area contributed by atoms with Gasteiger partial charge in [-0.2, -0.15) is 0 Å². The Morgan fingerprint density at radius 2 is 0.942 bits per heavy atom. The average molecular weight is 1710 g/mol. The summed E-state index contributed by atoms with van der Waals surface area (Å²) in [7, 11) is 3.96. The summed E-state index contributed by atoms with van der Waals surface area (Å²) in [6.07, 6.45) is 20.1. The molecule has 0 spiro atoms. The molecule has 7 N–H and O–H groups in total. The van der Waals surface area contributed by atoms with Crippen LogP contribution in [0.5, 0.6) is 0 Å². The SMILES string of the molecule is C=C(C)N1CCCC(CNC(C)(C)C)C1.CC(=O)N1CCOC(CNC(C)(C)C)C1.CC(C)(C)NC1CCC(NC2CCOCC2)CC1.CC(C)(C)NCC1(F)CCOCC1.CC(C)(C)OCC1(F)CCN(C2COC2)CC1.CCCN1CCOC(CNC(C)(C)C)C1.CN1CCOC(CNC(C)(C)C)C1.COC1CCC(COC(C)(C)C)CC1. The normalized spacial score (nSPS) is 26.1. The van der Waals surface area contributed by atoms with Crippen LogP contribution in [0.15, 0.2) is 12.3 Å². The van der Waals surface area contributed by atoms with Gasteiger partial charge in [-0.3, -0.25) is 14.6 Å². The number of alkyl halides is 2. The molecule has 8 heterocycles. The number of hydrogen-bond donors (Lipinski definition) is 7. The minimum atomic E-state index is -1.13. The number of nitrogens with one attached hydrogen (secondary N) is 7. The largest absolute Gasteiger partial charge is 0.381 e. The van der Waals surface area contributed by atoms with Crippen LogP contribution in [0.25, 0.3) is 0 Å². The van der Waals surface area contributed by atoms with Gasteiger partial charge in [0.15, 0.2) is 0 Å². The lowest BCUT2D eigenvalue weighted by Gasteiger charge is -2.43. The predicted molar refractivity (Wildman–Crippen MR) is 497 cm³/mol. The van der Waals surface area contributed by atoms with Crippen LogP contribution in [0, 0.1) is 11.8 Å². The summed E-state index contributed by atoms with van der Waals surface area (Å²) in [6.45, 7) is 84.8. The second kappa shape index (κ2) is 55.2. The van der Waals surface area contributed by atoms with Crippen LogP contribution in [0.4, 0.5) is 8.78 Å². The number of likely N-dealkylation sites (N-methyl/N-ethyl adjacent to an activating group) is 1. The number of carbonyl (C=O) groups excluding carboxylic acids is 1. The summed E-state index contributed by atoms with van der Waals surface area (Å²) in [5.41, 5.74) is -0.224. The highest BCUT2D eigenvalue weighted by molar-refractivity contribution is 5.73. The number of carbonyl (C=O) groups is 1. The number of allylic oxidation sites excluding steroid dienone is 1. The maximum Gasteiger partial charge on any atom is 0.219 e. The van der Waals surface area contributed by atoms with E-state index in [1.165, 1.54) is 109 Å². The van der Waals surface area contributed by atoms with E-state index in [9.17, 15) is 13.6 Å². The van der Waals surface area contributed by atoms with Crippen LogP contribution in [0.3, 0.4) is 0 Å². The van der Waals surface area contributed by atoms with Crippen molar-refractivity contribution >= 4 is 5.91 Å². The van der Waals surface area contributed by atoms with E-state index in [0.29, 0.717) is 89.0 Å². The Morgan fingerprint density at radius 3 is 1.40 bits per heavy atom. The third-order valence-electron chi connectivity index (χ3n) is 23.1. The van der Waals surface area contributed by atoms with Crippen molar-refractivity contribution in [2.75, 3.05) is 192 Å². The monoisotopic (exact) mass is 1710 g/mol. The van der Waals surface area contributed by atoms with Gasteiger partial charge in [0.1, 0.15) is 11.3 Å². The highest BCUT2D eigenvalue weighted by Gasteiger charge is 2.40. The Bertz CT molecular complexity index is 2580. The van der Waals surface area contributed by atoms with Gasteiger partial charge in [0.05, 0.1) is 87.9 Å². The molecule has 4 atom stereocenters. The van der Waals surface area contributed by atoms with E-state index < -0.39 is 11.3 Å². The van der Waals surface area contributed by atoms with E-state index in [-0.39, 0.29) is 63.1 Å². The number of halogens is 2. The van der Waals surface area contributed by atoms with Gasteiger partial charge in [-0.05, 0) is 295 Å². The van der Waals surface area contributed by atoms with Crippen molar-refractivity contribution in [3.8, 4) is 0 Å². The zero-order chi connectivity index (χ0) is 90.2. The highest BCUT2D eigenvalue weighted by Crippen LogP contribution is 2.32. The van der Waals surface area contributed by atoms with Crippen molar-refractivity contribution in [1.82, 2.24) is 61.7 Å². The molecule has 0 radical (unpaired) electrons. The van der Waals surface area contributed by atoms with Crippen molar-refractivity contribution in [3.05, 3.63) is 12.3 Å². The molecular formula is C96H194F2N12O10. The Labute approximate surface area is 736 Å². The van der Waals surface area contributed by atoms with E-state index in [4.69, 9.17) is 42.6 Å². The molecule has 0 aromatic carbocycles. The molecule has 10 aliphatic rings. The molecule has 0 aromatic heterocycles. The number of methoxy groups -OCH3 is 1. The number of likely N-dealkylation sites (tertiary alicyclic amines) is 2. The summed E-state index contributed by atoms with van der Waals surface area (Å²) in [5.74, 6) is 1.68. The third-order valence-corrected chi connectivity index (χ3v) is 23.1. The fraction of sp³-hybridized carbons (Fsp3) is 0.969. The number of piperidine rings is 2. The van der Waals surface area contributed by atoms with E-state index in [1.807, 2.05) is 32.8 Å². The molecule has 8 saturated heterocycles. The van der Waals surface area contributed by atoms with Gasteiger partial charge < -0.3 is 94.5 Å². The first-order chi connectivity index (χ1) is 55.6. The Hall–Kier alpha value is -1.89. The highest BCUT2D eigenvalue weighted by atomic mass is 19.1. The standard InChI is InChI=1S/C15H30N2O.C13H24FNO2.C13H26N2.C12H26N2O.C12H24O2.C11H22N2O2.C10H20FNO.C10H22N2O/c1-15(2,3)17-14-6-4-12(5-7-14)16-13-8-10-18-11-9-13;1-12(2,3)17-10-13(14)4-6-15(7-5-13)11-8-16-9-11;1-11(2)15-8-6-7-12(10-15)9-14-13(3,4)5;1-5-6-14-7-8-15-11(10-14)9-13-12(2,3)4;1-12(2,3)14-9-10-5-7-11(13-4)8-6-10;1-9(14)13-5-6-15-10(8-13)7-12-11(2,3)4;1-9(2,3)12-8-10(11)4-6-13-7-5-10;1-10(2,3)11-7-9-8-12(4)5-6-13-9/h12-14,16-17H,4-11H2,1-3H3;11H,4-10H2,1-3H3;12,14H,1,6-10H2,2-5H3;11,13H,5-10H2,1-4H3;10-11H,5-9H2,1-4H3;10,12H,5-8H2,1-4H3;12H,4-8H2,1-3H3;9,11H,5-8H2,1-4H3. The van der Waals surface area contributed by atoms with Crippen molar-refractivity contribution in [2.45, 2.75) is 400 Å². The molecule has 10 fully saturated rings. The summed E-state index contributed by atoms with van der Waals surface area (Å²) in [5, 5.41) is 24.7. The van der Waals surface area contributed by atoms with Gasteiger partial charge >= 0.3 is 0 Å². The third kappa shape index (κ3) is 57.1. The quantitative estimate of drug-likeness (QED) is 0.0539. The molecule has 22 nitrogen and oxygen atoms in total. The molecule has 4 unspecified atom stereocenters. The van der Waals surface area contributed by atoms with Gasteiger partial charge in [0.2, 0.25) is 5.91 Å². The fourth-order valence-corrected chi connectivity index (χ4v) is 15.5. The zero-order valence-corrected chi connectivity index (χ0v) is 83.2. The van der Waals surface area contributed by atoms with Crippen LogP contribution < -0.4 is 37.2 Å². The number of rotatable bonds is 22. The van der Waals surface area contributed by atoms with Crippen LogP contribution >= 0.6 is 0 Å². The Balaban J connectivity index is 0.000000355. The summed E-state index contributed by atoms with van der Waals surface area (Å²) in [6, 6.07) is 2.70. The van der Waals surface area contributed by atoms with E-state index in [1.54, 1.807) is 6.92 Å². The molecule has 2 saturated carbocycles. The Morgan fingerprint density at radius 1 is 0.467 bits per heavy atom. The molecule has 2 aliphatic carbocycles. The summed E-state index contributed by atoms with van der Waals surface area (Å²) in [4.78, 5) is 22.6. The van der Waals surface area contributed by atoms with E-state index >= 15 is 0 Å². The van der Waals surface area contributed by atoms with Crippen molar-refractivity contribution in [2.24, 2.45) is 11.8 Å². The molecular weight excluding hydrogens is 1520 g/mol. The van der Waals surface area contributed by atoms with Gasteiger partial charge in [-0.25, -0.2) is 8.78 Å². The molecule has 0 aromatic rings. The van der Waals surface area contributed by atoms with Crippen LogP contribution in [-0.2, 0) is 47.4 Å². The number of amides is 1. The first kappa shape index (κ1) is 112. The van der Waals surface area contributed by atoms with Gasteiger partial charge in [-0.15, -0.1) is 0 Å². The second-order valence-electron chi connectivity index (χ2n) is 44.7. The van der Waals surface area contributed by atoms with Crippen LogP contribution in [0.1, 0.15) is 296 Å². The number of hydrogen-bond acceptors (Lipinski definition) is 21. The maximum atomic E-state index is 14.5. The number of morpholine rings is 3. The molecule has 24 heteroatoms. The lowest BCUT2D eigenvalue weighted by Crippen LogP contribution is -2.55. The first-order valence-corrected chi connectivity index (χ1v) is 47.4. The molecule has 8 aliphatic heterocycles. The van der Waals surface area contributed by atoms with E-state index in [2.05, 4.69) is 230 Å². The lowest BCUT2D eigenvalue weighted by molar-refractivity contribution is -0.136. The first-order valence-electron chi connectivity index (χ1n) is 47.4. The topological polar surface area (TPSA) is 201 Å². The van der Waals surface area contributed by atoms with Gasteiger partial charge in [0.25, 0.3) is 0 Å². The molecule has 0 bridgehead atoms. The van der Waals surface area contributed by atoms with Crippen LogP contribution in [0.2, 0.25) is 0 Å². The Kier molecular flexibility index (Phi) is 51.7. The van der Waals surface area contributed by atoms with Crippen molar-refractivity contribution < 1.29 is 56.2 Å². The second-order valence-corrected chi connectivity index (χ2v) is 44.7. The minimum absolute atomic E-state index is 0.00259. The van der Waals surface area contributed by atoms with Gasteiger partial charge in [-0.1, -0.05) is 13.5 Å². The molecule has 10 rings (SSSR count). The van der Waals surface area contributed by atoms with Crippen LogP contribution in [-0.4, -0.2) is 326 Å². The smallest absolute Gasteiger partial charge is 0.219 e. The minimum Gasteiger partial charge on any atom is -0.381 e. The molecule has 120 heavy (non-hydrogen) atoms. The molecule has 712 valence electrons. The maximum absolute atomic E-state index is 14.5. The number of ether oxygens (including phenoxy) is 9. The summed E-state index contributed by atoms with van der Waals surface area (Å²) < 4.78 is 77.9. The van der Waals surface area contributed by atoms with Crippen molar-refractivity contribution in [3.63, 3.8) is 0 Å². The van der Waals surface area contributed by atoms with E-state index in [0.717, 1.165) is 142 Å². The zero-order valence-electron chi connectivity index (χ0n) is 83.2. The number of nitrogens with zero attached hydrogens (tertiary/aromatic N) is 5. The lowest BCUT2D eigenvalue weighted by atomic mass is 9.88. The average Bonchev–Trinajstić information content (AvgIpc) is 0.819. The molecule has 1 amide bonds. The van der Waals surface area contributed by atoms with Gasteiger partial charge in [0, 0.05) is 209 Å².